The number of aromatic amines is 1. The number of rotatable bonds is 5. The summed E-state index contributed by atoms with van der Waals surface area (Å²) in [7, 11) is 1.93. The maximum Gasteiger partial charge on any atom is 0.292 e. The van der Waals surface area contributed by atoms with E-state index < -0.39 is 0 Å². The molecule has 136 valence electrons. The van der Waals surface area contributed by atoms with Gasteiger partial charge in [0.25, 0.3) is 5.56 Å². The highest BCUT2D eigenvalue weighted by Crippen LogP contribution is 2.26. The normalized spacial score (nSPS) is 12.1. The van der Waals surface area contributed by atoms with E-state index in [1.807, 2.05) is 55.5 Å². The number of hydrogen-bond acceptors (Lipinski definition) is 5. The summed E-state index contributed by atoms with van der Waals surface area (Å²) >= 11 is 0. The number of benzene rings is 1. The third-order valence-electron chi connectivity index (χ3n) is 4.49. The van der Waals surface area contributed by atoms with E-state index in [-0.39, 0.29) is 5.56 Å². The van der Waals surface area contributed by atoms with Crippen LogP contribution in [0.1, 0.15) is 30.3 Å². The summed E-state index contributed by atoms with van der Waals surface area (Å²) in [6, 6.07) is 3.97. The Morgan fingerprint density at radius 2 is 2.12 bits per heavy atom. The largest absolute Gasteiger partial charge is 0.401 e. The van der Waals surface area contributed by atoms with Crippen molar-refractivity contribution in [1.82, 2.24) is 14.4 Å². The zero-order chi connectivity index (χ0) is 19.0. The van der Waals surface area contributed by atoms with Crippen LogP contribution in [0.25, 0.3) is 16.7 Å². The molecule has 0 saturated carbocycles. The van der Waals surface area contributed by atoms with Crippen LogP contribution in [0, 0.1) is 13.8 Å². The van der Waals surface area contributed by atoms with Crippen molar-refractivity contribution >= 4 is 28.7 Å². The van der Waals surface area contributed by atoms with E-state index in [4.69, 9.17) is 5.73 Å². The van der Waals surface area contributed by atoms with Crippen LogP contribution in [0.4, 0.5) is 5.69 Å². The number of allylic oxidation sites excluding steroid dienone is 1. The summed E-state index contributed by atoms with van der Waals surface area (Å²) in [6.45, 7) is 5.75. The lowest BCUT2D eigenvalue weighted by Crippen LogP contribution is -2.15. The lowest BCUT2D eigenvalue weighted by molar-refractivity contribution is -0.107. The molecule has 0 saturated heterocycles. The van der Waals surface area contributed by atoms with Crippen molar-refractivity contribution in [2.24, 2.45) is 5.73 Å². The number of hydrogen-bond donors (Lipinski definition) is 2. The molecule has 0 atom stereocenters. The Hall–Kier alpha value is -3.09. The van der Waals surface area contributed by atoms with Crippen LogP contribution < -0.4 is 16.2 Å². The zero-order valence-corrected chi connectivity index (χ0v) is 15.5. The monoisotopic (exact) mass is 353 g/mol. The second kappa shape index (κ2) is 6.67. The SMILES string of the molecule is C/C(N)=C/N(C)c1cc2c(cc1C)[nH]c(=O)c1nc(CCC=O)c(C)n12. The Labute approximate surface area is 151 Å². The fraction of sp³-hybridized carbons (Fsp3) is 0.316. The number of carbonyl (C=O) groups excluding carboxylic acids is 1. The van der Waals surface area contributed by atoms with Crippen LogP contribution in [-0.4, -0.2) is 27.7 Å². The molecule has 3 N–H and O–H groups in total. The van der Waals surface area contributed by atoms with Crippen LogP contribution in [0.15, 0.2) is 28.8 Å². The molecule has 0 aliphatic rings. The molecule has 7 nitrogen and oxygen atoms in total. The van der Waals surface area contributed by atoms with E-state index in [1.165, 1.54) is 0 Å². The highest BCUT2D eigenvalue weighted by Gasteiger charge is 2.16. The predicted octanol–water partition coefficient (Wildman–Crippen LogP) is 2.18. The number of nitrogens with one attached hydrogen (secondary N) is 1. The fourth-order valence-corrected chi connectivity index (χ4v) is 3.33. The molecule has 3 aromatic rings. The van der Waals surface area contributed by atoms with Gasteiger partial charge in [-0.05, 0) is 44.9 Å². The van der Waals surface area contributed by atoms with Gasteiger partial charge in [0.2, 0.25) is 5.65 Å². The lowest BCUT2D eigenvalue weighted by Gasteiger charge is -2.19. The molecule has 0 radical (unpaired) electrons. The van der Waals surface area contributed by atoms with Crippen LogP contribution in [0.3, 0.4) is 0 Å². The molecule has 0 spiro atoms. The van der Waals surface area contributed by atoms with Gasteiger partial charge in [0.05, 0.1) is 16.7 Å². The topological polar surface area (TPSA) is 96.5 Å². The van der Waals surface area contributed by atoms with Gasteiger partial charge in [-0.2, -0.15) is 0 Å². The van der Waals surface area contributed by atoms with Gasteiger partial charge in [0.15, 0.2) is 0 Å². The molecule has 3 rings (SSSR count). The molecule has 7 heteroatoms. The predicted molar refractivity (Wildman–Crippen MR) is 104 cm³/mol. The molecule has 2 heterocycles. The summed E-state index contributed by atoms with van der Waals surface area (Å²) in [5.41, 5.74) is 11.9. The van der Waals surface area contributed by atoms with Gasteiger partial charge in [0.1, 0.15) is 6.29 Å². The Balaban J connectivity index is 2.33. The number of imidazole rings is 1. The molecule has 26 heavy (non-hydrogen) atoms. The fourth-order valence-electron chi connectivity index (χ4n) is 3.33. The third-order valence-corrected chi connectivity index (χ3v) is 4.49. The summed E-state index contributed by atoms with van der Waals surface area (Å²) in [4.78, 5) is 32.5. The van der Waals surface area contributed by atoms with Crippen molar-refractivity contribution in [1.29, 1.82) is 0 Å². The summed E-state index contributed by atoms with van der Waals surface area (Å²) < 4.78 is 1.87. The Kier molecular flexibility index (Phi) is 4.54. The number of anilines is 1. The molecule has 0 fully saturated rings. The quantitative estimate of drug-likeness (QED) is 0.685. The number of aromatic nitrogens is 3. The second-order valence-corrected chi connectivity index (χ2v) is 6.60. The minimum Gasteiger partial charge on any atom is -0.401 e. The minimum atomic E-state index is -0.240. The van der Waals surface area contributed by atoms with Crippen LogP contribution in [0.5, 0.6) is 0 Å². The van der Waals surface area contributed by atoms with Gasteiger partial charge in [-0.25, -0.2) is 4.98 Å². The van der Waals surface area contributed by atoms with E-state index >= 15 is 0 Å². The van der Waals surface area contributed by atoms with E-state index in [9.17, 15) is 9.59 Å². The summed E-state index contributed by atoms with van der Waals surface area (Å²) in [5, 5.41) is 0. The highest BCUT2D eigenvalue weighted by atomic mass is 16.1. The lowest BCUT2D eigenvalue weighted by atomic mass is 10.1. The molecule has 0 aliphatic heterocycles. The number of nitrogens with zero attached hydrogens (tertiary/aromatic N) is 3. The van der Waals surface area contributed by atoms with E-state index in [1.54, 1.807) is 0 Å². The first kappa shape index (κ1) is 17.7. The van der Waals surface area contributed by atoms with Crippen molar-refractivity contribution < 1.29 is 4.79 Å². The number of carbonyl (C=O) groups is 1. The van der Waals surface area contributed by atoms with Gasteiger partial charge >= 0.3 is 0 Å². The average molecular weight is 353 g/mol. The Morgan fingerprint density at radius 1 is 1.38 bits per heavy atom. The molecule has 0 amide bonds. The molecular weight excluding hydrogens is 330 g/mol. The maximum absolute atomic E-state index is 12.5. The molecular formula is C19H23N5O2. The van der Waals surface area contributed by atoms with Crippen molar-refractivity contribution in [2.45, 2.75) is 33.6 Å². The van der Waals surface area contributed by atoms with E-state index in [0.717, 1.165) is 40.0 Å². The van der Waals surface area contributed by atoms with Gasteiger partial charge in [-0.1, -0.05) is 0 Å². The number of nitrogens with two attached hydrogens (primary N) is 1. The maximum atomic E-state index is 12.5. The van der Waals surface area contributed by atoms with E-state index in [2.05, 4.69) is 9.97 Å². The zero-order valence-electron chi connectivity index (χ0n) is 15.5. The summed E-state index contributed by atoms with van der Waals surface area (Å²) in [5.74, 6) is 0. The van der Waals surface area contributed by atoms with E-state index in [0.29, 0.717) is 24.2 Å². The molecule has 1 aromatic carbocycles. The number of aldehydes is 1. The number of fused-ring (bicyclic) bond motifs is 3. The van der Waals surface area contributed by atoms with Crippen molar-refractivity contribution in [3.63, 3.8) is 0 Å². The standard InChI is InChI=1S/C19H23N5O2/c1-11-8-15-17(9-16(11)23(4)10-12(2)20)24-13(3)14(6-5-7-25)21-18(24)19(26)22-15/h7-10H,5-6,20H2,1-4H3,(H,22,26)/b12-10-. The first-order valence-electron chi connectivity index (χ1n) is 8.48. The smallest absolute Gasteiger partial charge is 0.292 e. The highest BCUT2D eigenvalue weighted by molar-refractivity contribution is 5.84. The Bertz CT molecular complexity index is 1090. The molecule has 2 aromatic heterocycles. The van der Waals surface area contributed by atoms with Crippen molar-refractivity contribution in [3.05, 3.63) is 51.3 Å². The summed E-state index contributed by atoms with van der Waals surface area (Å²) in [6.07, 6.45) is 3.62. The minimum absolute atomic E-state index is 0.240. The van der Waals surface area contributed by atoms with Gasteiger partial charge in [-0.3, -0.25) is 9.20 Å². The van der Waals surface area contributed by atoms with Gasteiger partial charge in [0, 0.05) is 36.7 Å². The first-order chi connectivity index (χ1) is 12.3. The van der Waals surface area contributed by atoms with Crippen molar-refractivity contribution in [2.75, 3.05) is 11.9 Å². The molecule has 0 aliphatic carbocycles. The molecule has 0 unspecified atom stereocenters. The van der Waals surface area contributed by atoms with Crippen molar-refractivity contribution in [3.8, 4) is 0 Å². The van der Waals surface area contributed by atoms with Crippen LogP contribution in [-0.2, 0) is 11.2 Å². The second-order valence-electron chi connectivity index (χ2n) is 6.60. The van der Waals surface area contributed by atoms with Gasteiger partial charge in [-0.15, -0.1) is 0 Å². The molecule has 0 bridgehead atoms. The average Bonchev–Trinajstić information content (AvgIpc) is 2.89. The first-order valence-corrected chi connectivity index (χ1v) is 8.48. The van der Waals surface area contributed by atoms with Crippen LogP contribution in [0.2, 0.25) is 0 Å². The Morgan fingerprint density at radius 3 is 2.77 bits per heavy atom. The van der Waals surface area contributed by atoms with Crippen LogP contribution >= 0.6 is 0 Å². The third kappa shape index (κ3) is 2.96. The number of aryl methyl sites for hydroxylation is 3. The number of H-pyrrole nitrogens is 1. The van der Waals surface area contributed by atoms with Gasteiger partial charge < -0.3 is 20.4 Å².